The molecule has 1 heterocycles. The second kappa shape index (κ2) is 10.1. The van der Waals surface area contributed by atoms with Crippen LogP contribution in [0.3, 0.4) is 0 Å². The SMILES string of the molecule is Cc1cc(C)cc(NC(=O)c2cc3cc(Br)ccc3n2NC(=O)C(=O)Nc2ccc(Br)cc2C)c1. The number of nitrogens with zero attached hydrogens (tertiary/aromatic N) is 1. The number of aromatic nitrogens is 1. The smallest absolute Gasteiger partial charge is 0.321 e. The van der Waals surface area contributed by atoms with Gasteiger partial charge < -0.3 is 10.6 Å². The predicted molar refractivity (Wildman–Crippen MR) is 145 cm³/mol. The minimum absolute atomic E-state index is 0.179. The lowest BCUT2D eigenvalue weighted by atomic mass is 10.1. The summed E-state index contributed by atoms with van der Waals surface area (Å²) >= 11 is 6.81. The van der Waals surface area contributed by atoms with Crippen LogP contribution in [-0.2, 0) is 9.59 Å². The van der Waals surface area contributed by atoms with E-state index in [1.807, 2.05) is 51.1 Å². The van der Waals surface area contributed by atoms with E-state index in [9.17, 15) is 14.4 Å². The molecule has 1 aromatic heterocycles. The van der Waals surface area contributed by atoms with E-state index >= 15 is 0 Å². The lowest BCUT2D eigenvalue weighted by Crippen LogP contribution is -2.36. The van der Waals surface area contributed by atoms with Crippen molar-refractivity contribution in [3.05, 3.63) is 92.0 Å². The van der Waals surface area contributed by atoms with Crippen molar-refractivity contribution < 1.29 is 14.4 Å². The Labute approximate surface area is 219 Å². The van der Waals surface area contributed by atoms with E-state index in [1.165, 1.54) is 4.68 Å². The van der Waals surface area contributed by atoms with Gasteiger partial charge in [0.15, 0.2) is 0 Å². The first-order valence-corrected chi connectivity index (χ1v) is 12.3. The summed E-state index contributed by atoms with van der Waals surface area (Å²) in [5.74, 6) is -2.19. The van der Waals surface area contributed by atoms with Crippen LogP contribution < -0.4 is 16.1 Å². The first kappa shape index (κ1) is 24.7. The molecule has 3 aromatic carbocycles. The lowest BCUT2D eigenvalue weighted by molar-refractivity contribution is -0.133. The summed E-state index contributed by atoms with van der Waals surface area (Å²) in [6.07, 6.45) is 0. The lowest BCUT2D eigenvalue weighted by Gasteiger charge is -2.14. The Balaban J connectivity index is 1.64. The van der Waals surface area contributed by atoms with Crippen molar-refractivity contribution in [1.29, 1.82) is 0 Å². The molecular formula is C26H22Br2N4O3. The van der Waals surface area contributed by atoms with Gasteiger partial charge in [-0.2, -0.15) is 0 Å². The molecule has 0 aliphatic heterocycles. The summed E-state index contributed by atoms with van der Waals surface area (Å²) in [6, 6.07) is 18.1. The van der Waals surface area contributed by atoms with Crippen molar-refractivity contribution in [3.8, 4) is 0 Å². The molecule has 178 valence electrons. The van der Waals surface area contributed by atoms with Gasteiger partial charge in [0.1, 0.15) is 5.69 Å². The van der Waals surface area contributed by atoms with Gasteiger partial charge in [0.05, 0.1) is 5.52 Å². The Morgan fingerprint density at radius 3 is 2.09 bits per heavy atom. The molecule has 0 aliphatic carbocycles. The number of carbonyl (C=O) groups excluding carboxylic acids is 3. The van der Waals surface area contributed by atoms with Crippen molar-refractivity contribution in [1.82, 2.24) is 4.68 Å². The normalized spacial score (nSPS) is 10.8. The highest BCUT2D eigenvalue weighted by Crippen LogP contribution is 2.25. The van der Waals surface area contributed by atoms with Gasteiger partial charge in [-0.25, -0.2) is 4.68 Å². The van der Waals surface area contributed by atoms with E-state index in [4.69, 9.17) is 0 Å². The Kier molecular flexibility index (Phi) is 7.09. The van der Waals surface area contributed by atoms with E-state index < -0.39 is 17.7 Å². The van der Waals surface area contributed by atoms with Crippen LogP contribution in [0.15, 0.2) is 69.6 Å². The van der Waals surface area contributed by atoms with E-state index in [2.05, 4.69) is 47.9 Å². The summed E-state index contributed by atoms with van der Waals surface area (Å²) in [7, 11) is 0. The van der Waals surface area contributed by atoms with Gasteiger partial charge in [0.2, 0.25) is 0 Å². The van der Waals surface area contributed by atoms with Crippen LogP contribution in [0.5, 0.6) is 0 Å². The Morgan fingerprint density at radius 1 is 0.743 bits per heavy atom. The molecule has 35 heavy (non-hydrogen) atoms. The Hall–Kier alpha value is -3.43. The predicted octanol–water partition coefficient (Wildman–Crippen LogP) is 6.05. The van der Waals surface area contributed by atoms with Crippen LogP contribution in [0.2, 0.25) is 0 Å². The van der Waals surface area contributed by atoms with Crippen molar-refractivity contribution in [2.24, 2.45) is 0 Å². The molecule has 7 nitrogen and oxygen atoms in total. The maximum Gasteiger partial charge on any atom is 0.328 e. The molecular weight excluding hydrogens is 576 g/mol. The number of amides is 3. The number of halogens is 2. The van der Waals surface area contributed by atoms with E-state index in [0.717, 1.165) is 31.0 Å². The fraction of sp³-hybridized carbons (Fsp3) is 0.115. The summed E-state index contributed by atoms with van der Waals surface area (Å²) in [5.41, 5.74) is 7.30. The average molecular weight is 598 g/mol. The minimum atomic E-state index is -0.909. The number of rotatable bonds is 4. The number of carbonyl (C=O) groups is 3. The van der Waals surface area contributed by atoms with Crippen molar-refractivity contribution in [2.75, 3.05) is 16.1 Å². The number of anilines is 2. The van der Waals surface area contributed by atoms with Crippen LogP contribution >= 0.6 is 31.9 Å². The maximum absolute atomic E-state index is 13.2. The molecule has 4 rings (SSSR count). The first-order chi connectivity index (χ1) is 16.6. The van der Waals surface area contributed by atoms with Crippen molar-refractivity contribution in [3.63, 3.8) is 0 Å². The van der Waals surface area contributed by atoms with Gasteiger partial charge in [-0.3, -0.25) is 19.8 Å². The molecule has 0 bridgehead atoms. The highest BCUT2D eigenvalue weighted by molar-refractivity contribution is 9.10. The highest BCUT2D eigenvalue weighted by Gasteiger charge is 2.21. The fourth-order valence-corrected chi connectivity index (χ4v) is 4.67. The third kappa shape index (κ3) is 5.63. The molecule has 4 aromatic rings. The number of fused-ring (bicyclic) bond motifs is 1. The molecule has 0 fully saturated rings. The molecule has 0 aliphatic rings. The zero-order valence-corrected chi connectivity index (χ0v) is 22.4. The zero-order valence-electron chi connectivity index (χ0n) is 19.2. The number of hydrogen-bond donors (Lipinski definition) is 3. The van der Waals surface area contributed by atoms with E-state index in [1.54, 1.807) is 30.3 Å². The Bertz CT molecular complexity index is 1470. The summed E-state index contributed by atoms with van der Waals surface area (Å²) in [6.45, 7) is 5.72. The van der Waals surface area contributed by atoms with Crippen LogP contribution in [0.1, 0.15) is 27.2 Å². The van der Waals surface area contributed by atoms with Crippen molar-refractivity contribution >= 4 is 71.9 Å². The summed E-state index contributed by atoms with van der Waals surface area (Å²) in [4.78, 5) is 38.7. The quantitative estimate of drug-likeness (QED) is 0.250. The third-order valence-corrected chi connectivity index (χ3v) is 6.32. The molecule has 3 amide bonds. The minimum Gasteiger partial charge on any atom is -0.321 e. The molecule has 0 atom stereocenters. The van der Waals surface area contributed by atoms with E-state index in [-0.39, 0.29) is 5.69 Å². The molecule has 0 radical (unpaired) electrons. The van der Waals surface area contributed by atoms with Gasteiger partial charge in [-0.05, 0) is 92.1 Å². The number of nitrogens with one attached hydrogen (secondary N) is 3. The van der Waals surface area contributed by atoms with E-state index in [0.29, 0.717) is 16.9 Å². The maximum atomic E-state index is 13.2. The van der Waals surface area contributed by atoms with Crippen LogP contribution in [0.4, 0.5) is 11.4 Å². The molecule has 0 saturated carbocycles. The number of benzene rings is 3. The highest BCUT2D eigenvalue weighted by atomic mass is 79.9. The van der Waals surface area contributed by atoms with Gasteiger partial charge in [-0.15, -0.1) is 0 Å². The largest absolute Gasteiger partial charge is 0.328 e. The van der Waals surface area contributed by atoms with Gasteiger partial charge in [0.25, 0.3) is 5.91 Å². The average Bonchev–Trinajstić information content (AvgIpc) is 3.12. The second-order valence-electron chi connectivity index (χ2n) is 8.25. The van der Waals surface area contributed by atoms with Crippen LogP contribution in [0.25, 0.3) is 10.9 Å². The van der Waals surface area contributed by atoms with Crippen LogP contribution in [-0.4, -0.2) is 22.4 Å². The van der Waals surface area contributed by atoms with Gasteiger partial charge in [0, 0.05) is 25.7 Å². The topological polar surface area (TPSA) is 92.2 Å². The standard InChI is InChI=1S/C26H22Br2N4O3/c1-14-8-15(2)10-20(9-14)29-24(33)23-13-17-12-19(28)5-7-22(17)32(23)31-26(35)25(34)30-21-6-4-18(27)11-16(21)3/h4-13H,1-3H3,(H,29,33)(H,30,34)(H,31,35). The summed E-state index contributed by atoms with van der Waals surface area (Å²) < 4.78 is 3.01. The zero-order chi connectivity index (χ0) is 25.3. The molecule has 0 unspecified atom stereocenters. The molecule has 3 N–H and O–H groups in total. The molecule has 0 spiro atoms. The van der Waals surface area contributed by atoms with Crippen LogP contribution in [0, 0.1) is 20.8 Å². The second-order valence-corrected chi connectivity index (χ2v) is 10.1. The fourth-order valence-electron chi connectivity index (χ4n) is 3.81. The van der Waals surface area contributed by atoms with Gasteiger partial charge >= 0.3 is 11.8 Å². The number of hydrogen-bond acceptors (Lipinski definition) is 3. The van der Waals surface area contributed by atoms with Gasteiger partial charge in [-0.1, -0.05) is 37.9 Å². The molecule has 0 saturated heterocycles. The third-order valence-electron chi connectivity index (χ3n) is 5.33. The molecule has 9 heteroatoms. The summed E-state index contributed by atoms with van der Waals surface area (Å²) in [5, 5.41) is 6.21. The monoisotopic (exact) mass is 596 g/mol. The first-order valence-electron chi connectivity index (χ1n) is 10.7. The van der Waals surface area contributed by atoms with Crippen molar-refractivity contribution in [2.45, 2.75) is 20.8 Å². The number of aryl methyl sites for hydroxylation is 3. The Morgan fingerprint density at radius 2 is 1.40 bits per heavy atom.